The van der Waals surface area contributed by atoms with E-state index in [1.165, 1.54) is 10.9 Å². The molecule has 0 heterocycles. The number of hydrogen-bond acceptors (Lipinski definition) is 1. The van der Waals surface area contributed by atoms with Gasteiger partial charge in [-0.3, -0.25) is 0 Å². The summed E-state index contributed by atoms with van der Waals surface area (Å²) in [5.74, 6) is 1.27. The summed E-state index contributed by atoms with van der Waals surface area (Å²) in [7, 11) is 0. The molecule has 1 aromatic carbocycles. The molecule has 0 unspecified atom stereocenters. The molecular formula is C13H15BrOSe. The van der Waals surface area contributed by atoms with E-state index in [1.54, 1.807) is 0 Å². The van der Waals surface area contributed by atoms with Crippen molar-refractivity contribution in [3.63, 3.8) is 0 Å². The molecule has 0 spiro atoms. The third-order valence-corrected chi connectivity index (χ3v) is 8.99. The molecule has 1 N–H and O–H groups in total. The van der Waals surface area contributed by atoms with E-state index in [0.717, 1.165) is 17.2 Å². The van der Waals surface area contributed by atoms with E-state index in [4.69, 9.17) is 0 Å². The summed E-state index contributed by atoms with van der Waals surface area (Å²) in [4.78, 5) is 1.32. The van der Waals surface area contributed by atoms with Crippen LogP contribution in [0.3, 0.4) is 0 Å². The molecule has 86 valence electrons. The first kappa shape index (κ1) is 11.3. The van der Waals surface area contributed by atoms with Crippen LogP contribution in [0.15, 0.2) is 30.3 Å². The van der Waals surface area contributed by atoms with Gasteiger partial charge in [0, 0.05) is 0 Å². The van der Waals surface area contributed by atoms with Gasteiger partial charge in [-0.15, -0.1) is 0 Å². The fourth-order valence-electron chi connectivity index (χ4n) is 3.02. The second kappa shape index (κ2) is 4.45. The Morgan fingerprint density at radius 1 is 1.19 bits per heavy atom. The molecule has 0 aromatic heterocycles. The van der Waals surface area contributed by atoms with Gasteiger partial charge < -0.3 is 0 Å². The Kier molecular flexibility index (Phi) is 3.14. The molecule has 0 radical (unpaired) electrons. The molecule has 16 heavy (non-hydrogen) atoms. The van der Waals surface area contributed by atoms with E-state index >= 15 is 0 Å². The van der Waals surface area contributed by atoms with Crippen LogP contribution in [-0.2, 0) is 0 Å². The van der Waals surface area contributed by atoms with Gasteiger partial charge in [-0.25, -0.2) is 0 Å². The van der Waals surface area contributed by atoms with Gasteiger partial charge in [0.15, 0.2) is 0 Å². The van der Waals surface area contributed by atoms with Crippen molar-refractivity contribution in [2.24, 2.45) is 11.8 Å². The molecule has 1 aromatic rings. The Hall–Kier alpha value is 0.179. The monoisotopic (exact) mass is 346 g/mol. The quantitative estimate of drug-likeness (QED) is 0.641. The normalized spacial score (nSPS) is 41.5. The van der Waals surface area contributed by atoms with Gasteiger partial charge in [-0.1, -0.05) is 0 Å². The molecule has 2 aliphatic carbocycles. The Labute approximate surface area is 111 Å². The molecule has 2 aliphatic rings. The molecule has 2 saturated carbocycles. The van der Waals surface area contributed by atoms with Crippen molar-refractivity contribution in [1.29, 1.82) is 0 Å². The number of hydrogen-bond donors (Lipinski definition) is 1. The maximum absolute atomic E-state index is 9.85. The molecule has 0 aliphatic heterocycles. The van der Waals surface area contributed by atoms with Crippen molar-refractivity contribution < 1.29 is 5.11 Å². The predicted octanol–water partition coefficient (Wildman–Crippen LogP) is 1.97. The first-order chi connectivity index (χ1) is 7.75. The number of fused-ring (bicyclic) bond motifs is 2. The molecule has 3 rings (SSSR count). The minimum atomic E-state index is -0.0443. The van der Waals surface area contributed by atoms with Crippen LogP contribution >= 0.6 is 15.9 Å². The molecule has 0 saturated heterocycles. The zero-order valence-electron chi connectivity index (χ0n) is 8.92. The molecule has 2 fully saturated rings. The summed E-state index contributed by atoms with van der Waals surface area (Å²) in [6.07, 6.45) is 2.22. The van der Waals surface area contributed by atoms with E-state index in [2.05, 4.69) is 46.3 Å². The van der Waals surface area contributed by atoms with E-state index in [9.17, 15) is 5.11 Å². The van der Waals surface area contributed by atoms with E-state index < -0.39 is 0 Å². The zero-order chi connectivity index (χ0) is 11.1. The summed E-state index contributed by atoms with van der Waals surface area (Å²) in [5.41, 5.74) is 0. The zero-order valence-corrected chi connectivity index (χ0v) is 12.2. The molecule has 5 atom stereocenters. The summed E-state index contributed by atoms with van der Waals surface area (Å²) in [6.45, 7) is 0. The number of alkyl halides is 1. The Morgan fingerprint density at radius 3 is 2.56 bits per heavy atom. The summed E-state index contributed by atoms with van der Waals surface area (Å²) >= 11 is 4.37. The van der Waals surface area contributed by atoms with E-state index in [0.29, 0.717) is 25.7 Å². The van der Waals surface area contributed by atoms with Gasteiger partial charge in [0.2, 0.25) is 0 Å². The molecule has 1 nitrogen and oxygen atoms in total. The molecule has 2 bridgehead atoms. The number of aliphatic hydroxyl groups is 1. The third-order valence-electron chi connectivity index (χ3n) is 3.82. The standard InChI is InChI=1S/C13H15BrOSe/c14-12-10-6-8(7-11(10)15)13(12)16-9-4-2-1-3-5-9/h1-5,8,10-13,15H,6-7H2/t8-,10+,11+,12-,13-/m0/s1. The second-order valence-corrected chi connectivity index (χ2v) is 8.49. The van der Waals surface area contributed by atoms with Crippen LogP contribution in [0.2, 0.25) is 4.82 Å². The van der Waals surface area contributed by atoms with Gasteiger partial charge in [0.05, 0.1) is 0 Å². The van der Waals surface area contributed by atoms with Gasteiger partial charge in [-0.05, 0) is 0 Å². The van der Waals surface area contributed by atoms with Gasteiger partial charge in [-0.2, -0.15) is 0 Å². The van der Waals surface area contributed by atoms with Gasteiger partial charge >= 0.3 is 111 Å². The van der Waals surface area contributed by atoms with Crippen molar-refractivity contribution in [1.82, 2.24) is 0 Å². The average Bonchev–Trinajstić information content (AvgIpc) is 2.80. The van der Waals surface area contributed by atoms with Crippen molar-refractivity contribution in [3.05, 3.63) is 30.3 Å². The number of benzene rings is 1. The Balaban J connectivity index is 1.74. The Bertz CT molecular complexity index is 367. The minimum absolute atomic E-state index is 0.0443. The summed E-state index contributed by atoms with van der Waals surface area (Å²) in [5, 5.41) is 9.85. The van der Waals surface area contributed by atoms with Crippen molar-refractivity contribution in [3.8, 4) is 0 Å². The van der Waals surface area contributed by atoms with E-state index in [1.807, 2.05) is 0 Å². The summed E-state index contributed by atoms with van der Waals surface area (Å²) in [6, 6.07) is 10.8. The first-order valence-electron chi connectivity index (χ1n) is 5.79. The SMILES string of the molecule is O[C@@H]1C[C@@H]2C[C@H]1[C@H](Br)[C@H]2[Se]c1ccccc1. The fraction of sp³-hybridized carbons (Fsp3) is 0.538. The third kappa shape index (κ3) is 1.88. The predicted molar refractivity (Wildman–Crippen MR) is 70.5 cm³/mol. The maximum atomic E-state index is 9.85. The van der Waals surface area contributed by atoms with Crippen LogP contribution in [0.5, 0.6) is 0 Å². The van der Waals surface area contributed by atoms with Gasteiger partial charge in [0.1, 0.15) is 0 Å². The summed E-state index contributed by atoms with van der Waals surface area (Å²) < 4.78 is 1.49. The average molecular weight is 346 g/mol. The van der Waals surface area contributed by atoms with Crippen molar-refractivity contribution >= 4 is 35.3 Å². The van der Waals surface area contributed by atoms with Crippen LogP contribution in [0.4, 0.5) is 0 Å². The van der Waals surface area contributed by atoms with Crippen LogP contribution in [0.1, 0.15) is 12.8 Å². The van der Waals surface area contributed by atoms with E-state index in [-0.39, 0.29) is 6.10 Å². The fourth-order valence-corrected chi connectivity index (χ4v) is 7.46. The van der Waals surface area contributed by atoms with Crippen LogP contribution in [0, 0.1) is 11.8 Å². The van der Waals surface area contributed by atoms with Crippen molar-refractivity contribution in [2.45, 2.75) is 28.6 Å². The molecule has 3 heteroatoms. The number of rotatable bonds is 2. The first-order valence-corrected chi connectivity index (χ1v) is 8.55. The van der Waals surface area contributed by atoms with Crippen LogP contribution < -0.4 is 4.46 Å². The van der Waals surface area contributed by atoms with Crippen molar-refractivity contribution in [2.75, 3.05) is 0 Å². The number of halogens is 1. The second-order valence-electron chi connectivity index (χ2n) is 4.80. The van der Waals surface area contributed by atoms with Crippen LogP contribution in [0.25, 0.3) is 0 Å². The molecule has 0 amide bonds. The number of aliphatic hydroxyl groups excluding tert-OH is 1. The Morgan fingerprint density at radius 2 is 1.94 bits per heavy atom. The van der Waals surface area contributed by atoms with Crippen LogP contribution in [-0.4, -0.2) is 31.0 Å². The topological polar surface area (TPSA) is 20.2 Å². The molecular weight excluding hydrogens is 331 g/mol. The van der Waals surface area contributed by atoms with Gasteiger partial charge in [0.25, 0.3) is 0 Å².